The van der Waals surface area contributed by atoms with Crippen molar-refractivity contribution < 1.29 is 22.7 Å². The molecule has 0 bridgehead atoms. The number of thioether (sulfide) groups is 1. The van der Waals surface area contributed by atoms with E-state index in [9.17, 15) is 18.0 Å². The summed E-state index contributed by atoms with van der Waals surface area (Å²) >= 11 is 1.51. The molecule has 0 spiro atoms. The monoisotopic (exact) mass is 699 g/mol. The summed E-state index contributed by atoms with van der Waals surface area (Å²) in [7, 11) is -4.25. The summed E-state index contributed by atoms with van der Waals surface area (Å²) in [6, 6.07) is 30.0. The molecule has 1 saturated carbocycles. The maximum Gasteiger partial charge on any atom is 0.264 e. The number of sulfonamides is 1. The zero-order chi connectivity index (χ0) is 34.8. The van der Waals surface area contributed by atoms with E-state index in [1.807, 2.05) is 74.7 Å². The largest absolute Gasteiger partial charge is 0.492 e. The molecule has 0 heterocycles. The molecule has 0 aromatic heterocycles. The molecule has 5 rings (SSSR count). The molecular formula is C39H45N3O5S2. The molecule has 0 radical (unpaired) electrons. The Balaban J connectivity index is 1.59. The maximum atomic E-state index is 14.8. The number of para-hydroxylation sites is 2. The van der Waals surface area contributed by atoms with Crippen LogP contribution in [0.15, 0.2) is 113 Å². The second kappa shape index (κ2) is 16.9. The first kappa shape index (κ1) is 36.0. The number of benzene rings is 4. The molecule has 0 aliphatic heterocycles. The van der Waals surface area contributed by atoms with Gasteiger partial charge in [-0.2, -0.15) is 0 Å². The minimum atomic E-state index is -4.25. The van der Waals surface area contributed by atoms with Gasteiger partial charge in [0.15, 0.2) is 0 Å². The highest BCUT2D eigenvalue weighted by molar-refractivity contribution is 7.98. The lowest BCUT2D eigenvalue weighted by Crippen LogP contribution is -2.54. The first-order chi connectivity index (χ1) is 23.7. The van der Waals surface area contributed by atoms with E-state index in [0.29, 0.717) is 12.4 Å². The Labute approximate surface area is 294 Å². The molecule has 0 unspecified atom stereocenters. The molecule has 8 nitrogen and oxygen atoms in total. The fourth-order valence-corrected chi connectivity index (χ4v) is 7.97. The van der Waals surface area contributed by atoms with Gasteiger partial charge in [0.1, 0.15) is 18.3 Å². The van der Waals surface area contributed by atoms with Crippen molar-refractivity contribution in [1.29, 1.82) is 0 Å². The Hall–Kier alpha value is -4.28. The van der Waals surface area contributed by atoms with E-state index in [2.05, 4.69) is 5.32 Å². The van der Waals surface area contributed by atoms with Gasteiger partial charge in [0.05, 0.1) is 17.2 Å². The van der Waals surface area contributed by atoms with Gasteiger partial charge in [0.25, 0.3) is 10.0 Å². The van der Waals surface area contributed by atoms with E-state index in [1.165, 1.54) is 11.8 Å². The highest BCUT2D eigenvalue weighted by Gasteiger charge is 2.36. The molecule has 2 amide bonds. The number of nitrogens with one attached hydrogen (secondary N) is 1. The highest BCUT2D eigenvalue weighted by Crippen LogP contribution is 2.33. The summed E-state index contributed by atoms with van der Waals surface area (Å²) in [5.41, 5.74) is 3.05. The van der Waals surface area contributed by atoms with Gasteiger partial charge >= 0.3 is 0 Å². The van der Waals surface area contributed by atoms with Crippen LogP contribution in [0.4, 0.5) is 5.69 Å². The number of aryl methyl sites for hydroxylation is 1. The molecular weight excluding hydrogens is 655 g/mol. The summed E-state index contributed by atoms with van der Waals surface area (Å²) in [4.78, 5) is 31.5. The van der Waals surface area contributed by atoms with E-state index in [0.717, 1.165) is 51.6 Å². The molecule has 4 aromatic carbocycles. The molecule has 1 N–H and O–H groups in total. The van der Waals surface area contributed by atoms with Crippen LogP contribution in [0, 0.1) is 6.92 Å². The van der Waals surface area contributed by atoms with Gasteiger partial charge in [0.2, 0.25) is 11.8 Å². The minimum absolute atomic E-state index is 0.0429. The van der Waals surface area contributed by atoms with Crippen LogP contribution in [0.25, 0.3) is 0 Å². The second-order valence-electron chi connectivity index (χ2n) is 12.3. The van der Waals surface area contributed by atoms with Crippen LogP contribution in [0.1, 0.15) is 49.3 Å². The van der Waals surface area contributed by atoms with Gasteiger partial charge in [0, 0.05) is 23.9 Å². The average molecular weight is 700 g/mol. The van der Waals surface area contributed by atoms with Crippen LogP contribution in [-0.2, 0) is 32.6 Å². The van der Waals surface area contributed by atoms with Crippen LogP contribution in [0.3, 0.4) is 0 Å². The fraction of sp³-hybridized carbons (Fsp3) is 0.333. The van der Waals surface area contributed by atoms with Crippen molar-refractivity contribution in [2.75, 3.05) is 23.7 Å². The lowest BCUT2D eigenvalue weighted by molar-refractivity contribution is -0.140. The van der Waals surface area contributed by atoms with E-state index in [4.69, 9.17) is 4.74 Å². The Morgan fingerprint density at radius 2 is 1.53 bits per heavy atom. The summed E-state index contributed by atoms with van der Waals surface area (Å²) in [5.74, 6) is -0.404. The standard InChI is InChI=1S/C39H45N3O5S2/c1-4-47-37-17-11-10-16-35(37)42(49(45,46)34-24-22-33(48-3)23-25-34)28-38(43)41(27-31-20-18-29(2)19-21-31)36(26-30-12-6-5-7-13-30)39(44)40-32-14-8-9-15-32/h5-7,10-13,16-25,32,36H,4,8-9,14-15,26-28H2,1-3H3,(H,40,44)/t36-/m0/s1. The Bertz CT molecular complexity index is 1790. The van der Waals surface area contributed by atoms with Crippen LogP contribution in [0.5, 0.6) is 5.75 Å². The third-order valence-corrected chi connectivity index (χ3v) is 11.3. The third-order valence-electron chi connectivity index (χ3n) is 8.81. The van der Waals surface area contributed by atoms with Crippen molar-refractivity contribution in [1.82, 2.24) is 10.2 Å². The minimum Gasteiger partial charge on any atom is -0.492 e. The number of hydrogen-bond donors (Lipinski definition) is 1. The number of ether oxygens (including phenoxy) is 1. The first-order valence-corrected chi connectivity index (χ1v) is 19.4. The lowest BCUT2D eigenvalue weighted by Gasteiger charge is -2.34. The Morgan fingerprint density at radius 3 is 2.18 bits per heavy atom. The van der Waals surface area contributed by atoms with Crippen molar-refractivity contribution in [3.05, 3.63) is 120 Å². The number of rotatable bonds is 15. The zero-order valence-electron chi connectivity index (χ0n) is 28.4. The molecule has 10 heteroatoms. The van der Waals surface area contributed by atoms with Gasteiger partial charge in [-0.3, -0.25) is 13.9 Å². The Kier molecular flexibility index (Phi) is 12.4. The normalized spacial score (nSPS) is 13.9. The van der Waals surface area contributed by atoms with Gasteiger partial charge < -0.3 is 15.0 Å². The fourth-order valence-electron chi connectivity index (χ4n) is 6.14. The molecule has 1 fully saturated rings. The third kappa shape index (κ3) is 9.25. The molecule has 0 saturated heterocycles. The van der Waals surface area contributed by atoms with E-state index < -0.39 is 28.5 Å². The van der Waals surface area contributed by atoms with E-state index >= 15 is 0 Å². The maximum absolute atomic E-state index is 14.8. The highest BCUT2D eigenvalue weighted by atomic mass is 32.2. The summed E-state index contributed by atoms with van der Waals surface area (Å²) in [6.45, 7) is 3.70. The number of carbonyl (C=O) groups is 2. The average Bonchev–Trinajstić information content (AvgIpc) is 3.63. The Morgan fingerprint density at radius 1 is 0.878 bits per heavy atom. The number of amides is 2. The van der Waals surface area contributed by atoms with Crippen molar-refractivity contribution in [2.24, 2.45) is 0 Å². The molecule has 1 aliphatic rings. The zero-order valence-corrected chi connectivity index (χ0v) is 30.0. The van der Waals surface area contributed by atoms with Gasteiger partial charge in [-0.05, 0) is 80.5 Å². The van der Waals surface area contributed by atoms with Gasteiger partial charge in [-0.1, -0.05) is 85.1 Å². The van der Waals surface area contributed by atoms with Gasteiger partial charge in [-0.25, -0.2) is 8.42 Å². The van der Waals surface area contributed by atoms with Crippen molar-refractivity contribution in [3.8, 4) is 5.75 Å². The molecule has 49 heavy (non-hydrogen) atoms. The summed E-state index contributed by atoms with van der Waals surface area (Å²) in [6.07, 6.45) is 6.07. The van der Waals surface area contributed by atoms with Crippen molar-refractivity contribution in [2.45, 2.75) is 74.4 Å². The van der Waals surface area contributed by atoms with E-state index in [-0.39, 0.29) is 35.5 Å². The first-order valence-electron chi connectivity index (χ1n) is 16.8. The quantitative estimate of drug-likeness (QED) is 0.134. The molecule has 4 aromatic rings. The van der Waals surface area contributed by atoms with Crippen LogP contribution >= 0.6 is 11.8 Å². The number of hydrogen-bond acceptors (Lipinski definition) is 6. The van der Waals surface area contributed by atoms with E-state index in [1.54, 1.807) is 53.4 Å². The van der Waals surface area contributed by atoms with Crippen molar-refractivity contribution >= 4 is 39.3 Å². The summed E-state index contributed by atoms with van der Waals surface area (Å²) < 4.78 is 36.0. The molecule has 1 aliphatic carbocycles. The second-order valence-corrected chi connectivity index (χ2v) is 15.0. The van der Waals surface area contributed by atoms with Gasteiger partial charge in [-0.15, -0.1) is 11.8 Å². The van der Waals surface area contributed by atoms with Crippen molar-refractivity contribution in [3.63, 3.8) is 0 Å². The number of anilines is 1. The topological polar surface area (TPSA) is 96.0 Å². The lowest BCUT2D eigenvalue weighted by atomic mass is 10.0. The predicted molar refractivity (Wildman–Crippen MR) is 196 cm³/mol. The molecule has 1 atom stereocenters. The predicted octanol–water partition coefficient (Wildman–Crippen LogP) is 7.01. The van der Waals surface area contributed by atoms with Crippen LogP contribution in [0.2, 0.25) is 0 Å². The number of nitrogens with zero attached hydrogens (tertiary/aromatic N) is 2. The summed E-state index contributed by atoms with van der Waals surface area (Å²) in [5, 5.41) is 3.22. The SMILES string of the molecule is CCOc1ccccc1N(CC(=O)N(Cc1ccc(C)cc1)[C@@H](Cc1ccccc1)C(=O)NC1CCCC1)S(=O)(=O)c1ccc(SC)cc1. The van der Waals surface area contributed by atoms with Crippen LogP contribution in [-0.4, -0.2) is 56.6 Å². The van der Waals surface area contributed by atoms with Crippen LogP contribution < -0.4 is 14.4 Å². The smallest absolute Gasteiger partial charge is 0.264 e. The number of carbonyl (C=O) groups excluding carboxylic acids is 2. The molecule has 258 valence electrons.